The van der Waals surface area contributed by atoms with Crippen molar-refractivity contribution in [3.8, 4) is 5.75 Å². The van der Waals surface area contributed by atoms with Crippen LogP contribution in [0.15, 0.2) is 50.4 Å². The van der Waals surface area contributed by atoms with Crippen LogP contribution in [0.4, 0.5) is 0 Å². The van der Waals surface area contributed by atoms with Gasteiger partial charge < -0.3 is 37.3 Å². The van der Waals surface area contributed by atoms with E-state index >= 15 is 0 Å². The van der Waals surface area contributed by atoms with Gasteiger partial charge in [0.2, 0.25) is 11.8 Å². The van der Waals surface area contributed by atoms with Gasteiger partial charge in [-0.25, -0.2) is 0 Å². The molecular weight excluding hydrogens is 781 g/mol. The summed E-state index contributed by atoms with van der Waals surface area (Å²) in [6, 6.07) is 3.95. The molecule has 2 saturated heterocycles. The minimum absolute atomic E-state index is 0.0725. The molecule has 10 rings (SSSR count). The van der Waals surface area contributed by atoms with E-state index < -0.39 is 14.0 Å². The molecule has 4 aromatic rings. The lowest BCUT2D eigenvalue weighted by atomic mass is 9.49. The molecule has 4 aliphatic carbocycles. The van der Waals surface area contributed by atoms with E-state index in [2.05, 4.69) is 52.2 Å². The highest BCUT2D eigenvalue weighted by atomic mass is 79.9. The van der Waals surface area contributed by atoms with Crippen molar-refractivity contribution in [1.29, 1.82) is 0 Å². The molecule has 0 amide bonds. The van der Waals surface area contributed by atoms with E-state index in [-0.39, 0.29) is 33.2 Å². The van der Waals surface area contributed by atoms with Gasteiger partial charge in [-0.15, -0.1) is 0 Å². The number of halogens is 1. The van der Waals surface area contributed by atoms with Gasteiger partial charge in [-0.05, 0) is 146 Å². The van der Waals surface area contributed by atoms with E-state index in [4.69, 9.17) is 37.3 Å². The summed E-state index contributed by atoms with van der Waals surface area (Å²) in [6.45, 7) is 16.2. The van der Waals surface area contributed by atoms with Crippen molar-refractivity contribution in [3.05, 3.63) is 75.9 Å². The van der Waals surface area contributed by atoms with Crippen molar-refractivity contribution in [2.45, 2.75) is 152 Å². The van der Waals surface area contributed by atoms with Gasteiger partial charge in [-0.1, -0.05) is 10.3 Å². The molecule has 1 N–H and O–H groups in total. The Kier molecular flexibility index (Phi) is 10.1. The fraction of sp³-hybridized carbons (Fsp3) is 0.632. The molecule has 0 bridgehead atoms. The average Bonchev–Trinajstić information content (AvgIpc) is 3.99. The molecule has 0 aromatic carbocycles. The topological polar surface area (TPSA) is 170 Å². The molecule has 4 aromatic heterocycles. The molecule has 0 atom stereocenters. The van der Waals surface area contributed by atoms with Crippen LogP contribution in [-0.4, -0.2) is 79.4 Å². The maximum atomic E-state index is 8.70. The monoisotopic (exact) mass is 829 g/mol. The number of pyridine rings is 2. The predicted molar refractivity (Wildman–Crippen MR) is 210 cm³/mol. The third kappa shape index (κ3) is 7.73. The third-order valence-corrected chi connectivity index (χ3v) is 13.0. The summed E-state index contributed by atoms with van der Waals surface area (Å²) in [4.78, 5) is 17.5. The number of nitrogens with zero attached hydrogens (tertiary/aromatic N) is 6. The Morgan fingerprint density at radius 2 is 1.05 bits per heavy atom. The van der Waals surface area contributed by atoms with Gasteiger partial charge in [0.25, 0.3) is 0 Å². The first-order valence-corrected chi connectivity index (χ1v) is 20.4. The van der Waals surface area contributed by atoms with E-state index in [1.165, 1.54) is 18.4 Å². The Morgan fingerprint density at radius 1 is 0.643 bits per heavy atom. The van der Waals surface area contributed by atoms with Crippen LogP contribution < -0.4 is 4.65 Å². The van der Waals surface area contributed by atoms with Crippen LogP contribution in [0.1, 0.15) is 153 Å². The summed E-state index contributed by atoms with van der Waals surface area (Å²) in [7, 11) is -0.301. The maximum absolute atomic E-state index is 8.70. The first-order valence-electron chi connectivity index (χ1n) is 19.6. The molecule has 0 unspecified atom stereocenters. The first kappa shape index (κ1) is 39.7. The second kappa shape index (κ2) is 14.3. The lowest BCUT2D eigenvalue weighted by molar-refractivity contribution is 0.00578. The van der Waals surface area contributed by atoms with Crippen molar-refractivity contribution in [2.24, 2.45) is 0 Å². The molecule has 1 radical (unpaired) electrons. The molecule has 4 saturated carbocycles. The van der Waals surface area contributed by atoms with Crippen molar-refractivity contribution in [1.82, 2.24) is 30.2 Å². The van der Waals surface area contributed by atoms with Crippen LogP contribution in [0, 0.1) is 0 Å². The van der Waals surface area contributed by atoms with Gasteiger partial charge in [0.15, 0.2) is 11.6 Å². The van der Waals surface area contributed by atoms with E-state index in [1.54, 1.807) is 18.6 Å². The molecule has 56 heavy (non-hydrogen) atoms. The predicted octanol–water partition coefficient (Wildman–Crippen LogP) is 6.76. The SMILES string of the molecule is Brc1cncc(C2(c3nc(C4CC4)no3)CC2)c1.CC1(C)OB(B2OC(C)(C)C(C)(C)O2)OC1(C)C.O[B]Oc1cncc(C2(c3nc(C4CC4)no3)CC2)c1. The summed E-state index contributed by atoms with van der Waals surface area (Å²) in [5.41, 5.74) is 0.426. The van der Waals surface area contributed by atoms with Crippen molar-refractivity contribution in [2.75, 3.05) is 0 Å². The molecule has 6 aliphatic rings. The normalized spacial score (nSPS) is 24.0. The third-order valence-electron chi connectivity index (χ3n) is 12.6. The zero-order valence-corrected chi connectivity index (χ0v) is 35.0. The molecular formula is C38H49B3BrN6O8. The molecule has 6 heterocycles. The van der Waals surface area contributed by atoms with Crippen LogP contribution in [0.2, 0.25) is 0 Å². The number of hydrogen-bond acceptors (Lipinski definition) is 14. The lowest BCUT2D eigenvalue weighted by Crippen LogP contribution is -2.41. The molecule has 6 fully saturated rings. The quantitative estimate of drug-likeness (QED) is 0.176. The lowest BCUT2D eigenvalue weighted by Gasteiger charge is -2.32. The first-order chi connectivity index (χ1) is 26.5. The molecule has 2 aliphatic heterocycles. The van der Waals surface area contributed by atoms with Gasteiger partial charge in [0.05, 0.1) is 39.4 Å². The van der Waals surface area contributed by atoms with Gasteiger partial charge >= 0.3 is 21.7 Å². The van der Waals surface area contributed by atoms with Crippen LogP contribution in [0.5, 0.6) is 5.75 Å². The minimum atomic E-state index is -0.476. The van der Waals surface area contributed by atoms with Crippen LogP contribution in [-0.2, 0) is 29.4 Å². The zero-order valence-electron chi connectivity index (χ0n) is 33.4. The number of aromatic nitrogens is 6. The highest BCUT2D eigenvalue weighted by molar-refractivity contribution is 9.10. The van der Waals surface area contributed by atoms with Crippen LogP contribution in [0.25, 0.3) is 0 Å². The largest absolute Gasteiger partial charge is 0.569 e. The summed E-state index contributed by atoms with van der Waals surface area (Å²) in [6.07, 6.45) is 15.8. The molecule has 295 valence electrons. The van der Waals surface area contributed by atoms with Crippen LogP contribution in [0.3, 0.4) is 0 Å². The molecule has 18 heteroatoms. The smallest absolute Gasteiger partial charge is 0.536 e. The Bertz CT molecular complexity index is 1980. The Hall–Kier alpha value is -3.15. The Morgan fingerprint density at radius 3 is 1.43 bits per heavy atom. The van der Waals surface area contributed by atoms with E-state index in [0.29, 0.717) is 31.2 Å². The van der Waals surface area contributed by atoms with Crippen molar-refractivity contribution in [3.63, 3.8) is 0 Å². The summed E-state index contributed by atoms with van der Waals surface area (Å²) < 4.78 is 40.7. The second-order valence-corrected chi connectivity index (χ2v) is 18.8. The Balaban J connectivity index is 0.000000118. The number of hydrogen-bond donors (Lipinski definition) is 1. The zero-order chi connectivity index (χ0) is 39.7. The standard InChI is InChI=1S/C13H13BN3O3.C13H12BrN3O.C12H24B2O4/c18-14-19-10-5-9(6-15-7-10)13(3-4-13)12-16-11(17-20-12)8-1-2-8;14-10-5-9(6-15-7-10)13(3-4-13)12-16-11(17-18-12)8-1-2-8;1-9(2)10(3,4)16-13(15-9)14-17-11(5,6)12(7,8)18-14/h5-8,18H,1-4H2;5-8H,1-4H2;1-8H3. The summed E-state index contributed by atoms with van der Waals surface area (Å²) in [5, 5.41) is 16.9. The molecule has 0 spiro atoms. The van der Waals surface area contributed by atoms with Gasteiger partial charge in [0.1, 0.15) is 5.75 Å². The number of rotatable bonds is 9. The highest BCUT2D eigenvalue weighted by Crippen LogP contribution is 2.55. The average molecular weight is 830 g/mol. The second-order valence-electron chi connectivity index (χ2n) is 17.9. The van der Waals surface area contributed by atoms with E-state index in [9.17, 15) is 0 Å². The Labute approximate surface area is 337 Å². The van der Waals surface area contributed by atoms with E-state index in [0.717, 1.165) is 66.1 Å². The fourth-order valence-electron chi connectivity index (χ4n) is 6.85. The van der Waals surface area contributed by atoms with Gasteiger partial charge in [-0.3, -0.25) is 9.97 Å². The van der Waals surface area contributed by atoms with Crippen LogP contribution >= 0.6 is 15.9 Å². The summed E-state index contributed by atoms with van der Waals surface area (Å²) >= 11 is 3.46. The fourth-order valence-corrected chi connectivity index (χ4v) is 7.22. The van der Waals surface area contributed by atoms with Gasteiger partial charge in [-0.2, -0.15) is 9.97 Å². The van der Waals surface area contributed by atoms with E-state index in [1.807, 2.05) is 67.7 Å². The molecule has 14 nitrogen and oxygen atoms in total. The van der Waals surface area contributed by atoms with Gasteiger partial charge in [0, 0.05) is 34.9 Å². The van der Waals surface area contributed by atoms with Crippen molar-refractivity contribution >= 4 is 37.6 Å². The highest BCUT2D eigenvalue weighted by Gasteiger charge is 2.64. The van der Waals surface area contributed by atoms with Crippen molar-refractivity contribution < 1.29 is 37.3 Å². The minimum Gasteiger partial charge on any atom is -0.536 e. The maximum Gasteiger partial charge on any atom is 0.569 e. The summed E-state index contributed by atoms with van der Waals surface area (Å²) in [5.74, 6) is 4.68.